The molecule has 0 aliphatic carbocycles. The summed E-state index contributed by atoms with van der Waals surface area (Å²) in [7, 11) is 0. The second kappa shape index (κ2) is 6.12. The van der Waals surface area contributed by atoms with Gasteiger partial charge in [0.15, 0.2) is 0 Å². The molecule has 0 aromatic carbocycles. The van der Waals surface area contributed by atoms with Gasteiger partial charge in [-0.2, -0.15) is 18.2 Å². The zero-order chi connectivity index (χ0) is 16.3. The van der Waals surface area contributed by atoms with Gasteiger partial charge in [0.1, 0.15) is 5.69 Å². The maximum atomic E-state index is 12.4. The summed E-state index contributed by atoms with van der Waals surface area (Å²) in [6.45, 7) is 3.51. The fourth-order valence-corrected chi connectivity index (χ4v) is 1.66. The number of alkyl halides is 3. The number of aromatic nitrogens is 3. The van der Waals surface area contributed by atoms with E-state index >= 15 is 0 Å². The molecule has 1 unspecified atom stereocenters. The van der Waals surface area contributed by atoms with Crippen molar-refractivity contribution in [1.82, 2.24) is 20.4 Å². The molecule has 118 valence electrons. The molecular formula is C13H13F3N4O2. The molecule has 1 N–H and O–H groups in total. The first-order valence-corrected chi connectivity index (χ1v) is 6.48. The van der Waals surface area contributed by atoms with Crippen LogP contribution in [0.5, 0.6) is 0 Å². The van der Waals surface area contributed by atoms with Crippen LogP contribution in [0, 0.1) is 0 Å². The minimum absolute atomic E-state index is 0.107. The van der Waals surface area contributed by atoms with Crippen molar-refractivity contribution in [3.8, 4) is 11.5 Å². The number of rotatable bonds is 4. The van der Waals surface area contributed by atoms with E-state index in [0.717, 1.165) is 0 Å². The van der Waals surface area contributed by atoms with Crippen LogP contribution in [0.25, 0.3) is 11.5 Å². The van der Waals surface area contributed by atoms with Crippen LogP contribution in [0.3, 0.4) is 0 Å². The SMILES string of the molecule is CCC(=O)NC(C)c1ccc(-c2noc(C(F)(F)F)n2)nc1. The summed E-state index contributed by atoms with van der Waals surface area (Å²) < 4.78 is 41.3. The van der Waals surface area contributed by atoms with Crippen LogP contribution < -0.4 is 5.32 Å². The Kier molecular flexibility index (Phi) is 4.43. The van der Waals surface area contributed by atoms with Gasteiger partial charge in [-0.25, -0.2) is 0 Å². The number of hydrogen-bond donors (Lipinski definition) is 1. The van der Waals surface area contributed by atoms with Crippen molar-refractivity contribution < 1.29 is 22.5 Å². The normalized spacial score (nSPS) is 13.0. The molecule has 0 radical (unpaired) electrons. The molecule has 2 aromatic rings. The molecule has 0 aliphatic heterocycles. The lowest BCUT2D eigenvalue weighted by molar-refractivity contribution is -0.159. The Balaban J connectivity index is 2.15. The van der Waals surface area contributed by atoms with E-state index in [2.05, 4.69) is 25.0 Å². The topological polar surface area (TPSA) is 80.9 Å². The number of nitrogens with zero attached hydrogens (tertiary/aromatic N) is 3. The third-order valence-electron chi connectivity index (χ3n) is 2.88. The van der Waals surface area contributed by atoms with Crippen molar-refractivity contribution in [3.63, 3.8) is 0 Å². The molecule has 1 amide bonds. The highest BCUT2D eigenvalue weighted by atomic mass is 19.4. The van der Waals surface area contributed by atoms with Crippen molar-refractivity contribution in [3.05, 3.63) is 29.8 Å². The minimum Gasteiger partial charge on any atom is -0.350 e. The van der Waals surface area contributed by atoms with Gasteiger partial charge < -0.3 is 9.84 Å². The molecule has 0 aliphatic rings. The Labute approximate surface area is 123 Å². The molecule has 9 heteroatoms. The summed E-state index contributed by atoms with van der Waals surface area (Å²) in [4.78, 5) is 18.6. The van der Waals surface area contributed by atoms with E-state index in [-0.39, 0.29) is 23.5 Å². The molecule has 1 atom stereocenters. The van der Waals surface area contributed by atoms with Gasteiger partial charge in [0.2, 0.25) is 11.7 Å². The third kappa shape index (κ3) is 3.60. The van der Waals surface area contributed by atoms with E-state index in [1.807, 2.05) is 0 Å². The fourth-order valence-electron chi connectivity index (χ4n) is 1.66. The van der Waals surface area contributed by atoms with Gasteiger partial charge in [-0.3, -0.25) is 9.78 Å². The summed E-state index contributed by atoms with van der Waals surface area (Å²) in [6.07, 6.45) is -2.89. The summed E-state index contributed by atoms with van der Waals surface area (Å²) >= 11 is 0. The Morgan fingerprint density at radius 2 is 2.14 bits per heavy atom. The lowest BCUT2D eigenvalue weighted by Gasteiger charge is -2.13. The van der Waals surface area contributed by atoms with Gasteiger partial charge in [0.25, 0.3) is 0 Å². The average molecular weight is 314 g/mol. The first-order valence-electron chi connectivity index (χ1n) is 6.48. The lowest BCUT2D eigenvalue weighted by atomic mass is 10.1. The van der Waals surface area contributed by atoms with Crippen molar-refractivity contribution >= 4 is 5.91 Å². The molecule has 0 bridgehead atoms. The molecule has 2 aromatic heterocycles. The van der Waals surface area contributed by atoms with Gasteiger partial charge in [-0.05, 0) is 18.6 Å². The van der Waals surface area contributed by atoms with E-state index in [1.54, 1.807) is 19.9 Å². The van der Waals surface area contributed by atoms with Gasteiger partial charge in [-0.15, -0.1) is 0 Å². The van der Waals surface area contributed by atoms with E-state index in [4.69, 9.17) is 0 Å². The average Bonchev–Trinajstić information content (AvgIpc) is 2.97. The van der Waals surface area contributed by atoms with E-state index in [1.165, 1.54) is 12.3 Å². The van der Waals surface area contributed by atoms with Crippen LogP contribution in [0.4, 0.5) is 13.2 Å². The number of carbonyl (C=O) groups is 1. The van der Waals surface area contributed by atoms with Crippen LogP contribution in [0.15, 0.2) is 22.9 Å². The molecule has 0 saturated heterocycles. The van der Waals surface area contributed by atoms with Crippen LogP contribution >= 0.6 is 0 Å². The van der Waals surface area contributed by atoms with Crippen LogP contribution in [0.1, 0.15) is 37.8 Å². The Morgan fingerprint density at radius 3 is 2.64 bits per heavy atom. The standard InChI is InChI=1S/C13H13F3N4O2/c1-3-10(21)18-7(2)8-4-5-9(17-6-8)11-19-12(22-20-11)13(14,15)16/h4-7H,3H2,1-2H3,(H,18,21). The maximum absolute atomic E-state index is 12.4. The molecule has 0 spiro atoms. The number of halogens is 3. The highest BCUT2D eigenvalue weighted by Crippen LogP contribution is 2.29. The van der Waals surface area contributed by atoms with Crippen LogP contribution in [0.2, 0.25) is 0 Å². The first kappa shape index (κ1) is 15.9. The highest BCUT2D eigenvalue weighted by molar-refractivity contribution is 5.76. The predicted molar refractivity (Wildman–Crippen MR) is 69.4 cm³/mol. The van der Waals surface area contributed by atoms with Crippen molar-refractivity contribution in [2.45, 2.75) is 32.5 Å². The Bertz CT molecular complexity index is 652. The second-order valence-corrected chi connectivity index (χ2v) is 4.54. The maximum Gasteiger partial charge on any atom is 0.471 e. The van der Waals surface area contributed by atoms with Crippen molar-refractivity contribution in [2.75, 3.05) is 0 Å². The number of pyridine rings is 1. The largest absolute Gasteiger partial charge is 0.471 e. The molecular weight excluding hydrogens is 301 g/mol. The van der Waals surface area contributed by atoms with Gasteiger partial charge in [-0.1, -0.05) is 18.1 Å². The number of nitrogens with one attached hydrogen (secondary N) is 1. The second-order valence-electron chi connectivity index (χ2n) is 4.54. The lowest BCUT2D eigenvalue weighted by Crippen LogP contribution is -2.25. The van der Waals surface area contributed by atoms with E-state index in [9.17, 15) is 18.0 Å². The van der Waals surface area contributed by atoms with Gasteiger partial charge >= 0.3 is 12.1 Å². The predicted octanol–water partition coefficient (Wildman–Crippen LogP) is 2.74. The zero-order valence-electron chi connectivity index (χ0n) is 11.8. The molecule has 22 heavy (non-hydrogen) atoms. The third-order valence-corrected chi connectivity index (χ3v) is 2.88. The first-order chi connectivity index (χ1) is 10.3. The highest BCUT2D eigenvalue weighted by Gasteiger charge is 2.38. The Hall–Kier alpha value is -2.45. The number of amides is 1. The summed E-state index contributed by atoms with van der Waals surface area (Å²) in [6, 6.07) is 2.84. The van der Waals surface area contributed by atoms with Crippen molar-refractivity contribution in [2.24, 2.45) is 0 Å². The summed E-state index contributed by atoms with van der Waals surface area (Å²) in [5.74, 6) is -1.77. The molecule has 2 heterocycles. The molecule has 6 nitrogen and oxygen atoms in total. The fraction of sp³-hybridized carbons (Fsp3) is 0.385. The monoisotopic (exact) mass is 314 g/mol. The minimum atomic E-state index is -4.69. The van der Waals surface area contributed by atoms with E-state index < -0.39 is 12.1 Å². The number of hydrogen-bond acceptors (Lipinski definition) is 5. The Morgan fingerprint density at radius 1 is 1.41 bits per heavy atom. The van der Waals surface area contributed by atoms with Crippen molar-refractivity contribution in [1.29, 1.82) is 0 Å². The van der Waals surface area contributed by atoms with Gasteiger partial charge in [0.05, 0.1) is 6.04 Å². The smallest absolute Gasteiger partial charge is 0.350 e. The number of carbonyl (C=O) groups excluding carboxylic acids is 1. The van der Waals surface area contributed by atoms with E-state index in [0.29, 0.717) is 12.0 Å². The molecule has 0 fully saturated rings. The molecule has 0 saturated carbocycles. The summed E-state index contributed by atoms with van der Waals surface area (Å²) in [5.41, 5.74) is 0.863. The zero-order valence-corrected chi connectivity index (χ0v) is 11.8. The quantitative estimate of drug-likeness (QED) is 0.938. The summed E-state index contributed by atoms with van der Waals surface area (Å²) in [5, 5.41) is 6.00. The van der Waals surface area contributed by atoms with Gasteiger partial charge in [0, 0.05) is 12.6 Å². The van der Waals surface area contributed by atoms with Crippen LogP contribution in [-0.4, -0.2) is 21.0 Å². The van der Waals surface area contributed by atoms with Crippen LogP contribution in [-0.2, 0) is 11.0 Å². The molecule has 2 rings (SSSR count).